The Morgan fingerprint density at radius 2 is 2.15 bits per heavy atom. The minimum absolute atomic E-state index is 0.0366. The van der Waals surface area contributed by atoms with Crippen LogP contribution in [0.4, 0.5) is 5.95 Å². The van der Waals surface area contributed by atoms with E-state index in [1.165, 1.54) is 0 Å². The Morgan fingerprint density at radius 3 is 2.90 bits per heavy atom. The topological polar surface area (TPSA) is 115 Å². The summed E-state index contributed by atoms with van der Waals surface area (Å²) < 4.78 is 10.9. The first kappa shape index (κ1) is 12.3. The van der Waals surface area contributed by atoms with Gasteiger partial charge in [-0.1, -0.05) is 6.07 Å². The molecule has 1 aromatic heterocycles. The lowest BCUT2D eigenvalue weighted by atomic mass is 10.2. The summed E-state index contributed by atoms with van der Waals surface area (Å²) in [5.74, 6) is 1.15. The second-order valence-corrected chi connectivity index (χ2v) is 4.20. The number of amides is 1. The number of carbonyl (C=O) groups is 1. The number of carbonyl (C=O) groups excluding carboxylic acids is 1. The van der Waals surface area contributed by atoms with Crippen molar-refractivity contribution >= 4 is 11.9 Å². The Kier molecular flexibility index (Phi) is 3.12. The molecule has 1 aliphatic heterocycles. The number of nitrogen functional groups attached to an aromatic ring is 1. The summed E-state index contributed by atoms with van der Waals surface area (Å²) in [5.41, 5.74) is 6.23. The second-order valence-electron chi connectivity index (χ2n) is 4.20. The number of anilines is 1. The van der Waals surface area contributed by atoms with Gasteiger partial charge in [-0.15, -0.1) is 5.10 Å². The lowest BCUT2D eigenvalue weighted by Gasteiger charge is -2.18. The van der Waals surface area contributed by atoms with Crippen molar-refractivity contribution in [1.29, 1.82) is 0 Å². The van der Waals surface area contributed by atoms with Gasteiger partial charge in [0.05, 0.1) is 0 Å². The normalized spacial score (nSPS) is 13.0. The molecule has 4 N–H and O–H groups in total. The van der Waals surface area contributed by atoms with Crippen molar-refractivity contribution in [2.45, 2.75) is 6.54 Å². The Bertz CT molecular complexity index is 640. The van der Waals surface area contributed by atoms with Crippen LogP contribution in [0.5, 0.6) is 11.5 Å². The summed E-state index contributed by atoms with van der Waals surface area (Å²) in [6.07, 6.45) is 0. The number of fused-ring (bicyclic) bond motifs is 1. The van der Waals surface area contributed by atoms with Crippen molar-refractivity contribution < 1.29 is 14.3 Å². The Hall–Kier alpha value is -2.77. The van der Waals surface area contributed by atoms with Crippen molar-refractivity contribution in [2.75, 3.05) is 18.9 Å². The molecule has 0 fully saturated rings. The van der Waals surface area contributed by atoms with E-state index in [4.69, 9.17) is 15.2 Å². The number of H-pyrrole nitrogens is 1. The van der Waals surface area contributed by atoms with E-state index in [0.29, 0.717) is 31.3 Å². The summed E-state index contributed by atoms with van der Waals surface area (Å²) in [7, 11) is 0. The predicted molar refractivity (Wildman–Crippen MR) is 69.4 cm³/mol. The minimum atomic E-state index is -0.371. The molecule has 0 atom stereocenters. The largest absolute Gasteiger partial charge is 0.486 e. The number of nitrogens with two attached hydrogens (primary N) is 1. The third-order valence-corrected chi connectivity index (χ3v) is 2.78. The van der Waals surface area contributed by atoms with Crippen molar-refractivity contribution in [3.05, 3.63) is 29.6 Å². The zero-order valence-corrected chi connectivity index (χ0v) is 10.5. The number of rotatable bonds is 3. The summed E-state index contributed by atoms with van der Waals surface area (Å²) >= 11 is 0. The average Bonchev–Trinajstić information content (AvgIpc) is 2.91. The van der Waals surface area contributed by atoms with Crippen LogP contribution in [0, 0.1) is 0 Å². The van der Waals surface area contributed by atoms with E-state index in [-0.39, 0.29) is 17.7 Å². The average molecular weight is 275 g/mol. The van der Waals surface area contributed by atoms with E-state index < -0.39 is 0 Å². The van der Waals surface area contributed by atoms with Gasteiger partial charge in [-0.3, -0.25) is 9.89 Å². The molecule has 0 radical (unpaired) electrons. The molecule has 0 aliphatic carbocycles. The molecule has 1 aromatic carbocycles. The zero-order chi connectivity index (χ0) is 13.9. The van der Waals surface area contributed by atoms with Gasteiger partial charge in [-0.05, 0) is 17.7 Å². The van der Waals surface area contributed by atoms with Gasteiger partial charge in [0.15, 0.2) is 11.5 Å². The Labute approximate surface area is 114 Å². The fraction of sp³-hybridized carbons (Fsp3) is 0.250. The van der Waals surface area contributed by atoms with Gasteiger partial charge in [-0.25, -0.2) is 0 Å². The smallest absolute Gasteiger partial charge is 0.288 e. The van der Waals surface area contributed by atoms with Crippen LogP contribution in [0.2, 0.25) is 0 Å². The minimum Gasteiger partial charge on any atom is -0.486 e. The molecule has 0 bridgehead atoms. The standard InChI is InChI=1S/C12H13N5O3/c13-12-15-10(16-17-12)11(18)14-6-7-1-2-8-9(5-7)20-4-3-19-8/h1-2,5H,3-4,6H2,(H,14,18)(H3,13,15,16,17). The van der Waals surface area contributed by atoms with Crippen LogP contribution in [0.3, 0.4) is 0 Å². The highest BCUT2D eigenvalue weighted by molar-refractivity contribution is 5.90. The molecule has 8 heteroatoms. The van der Waals surface area contributed by atoms with E-state index in [2.05, 4.69) is 20.5 Å². The van der Waals surface area contributed by atoms with E-state index >= 15 is 0 Å². The van der Waals surface area contributed by atoms with E-state index in [9.17, 15) is 4.79 Å². The first-order valence-electron chi connectivity index (χ1n) is 6.07. The first-order chi connectivity index (χ1) is 9.72. The van der Waals surface area contributed by atoms with Gasteiger partial charge >= 0.3 is 0 Å². The maximum Gasteiger partial charge on any atom is 0.288 e. The molecule has 0 unspecified atom stereocenters. The molecule has 3 rings (SSSR count). The van der Waals surface area contributed by atoms with Crippen molar-refractivity contribution in [1.82, 2.24) is 20.5 Å². The van der Waals surface area contributed by atoms with Crippen LogP contribution < -0.4 is 20.5 Å². The van der Waals surface area contributed by atoms with Crippen LogP contribution in [-0.2, 0) is 6.54 Å². The number of aromatic amines is 1. The summed E-state index contributed by atoms with van der Waals surface area (Å²) in [4.78, 5) is 15.5. The highest BCUT2D eigenvalue weighted by Gasteiger charge is 2.13. The summed E-state index contributed by atoms with van der Waals surface area (Å²) in [6.45, 7) is 1.42. The van der Waals surface area contributed by atoms with Crippen molar-refractivity contribution in [2.24, 2.45) is 0 Å². The lowest BCUT2D eigenvalue weighted by molar-refractivity contribution is 0.0941. The van der Waals surface area contributed by atoms with Crippen molar-refractivity contribution in [3.63, 3.8) is 0 Å². The Balaban J connectivity index is 1.65. The van der Waals surface area contributed by atoms with Crippen LogP contribution in [0.25, 0.3) is 0 Å². The molecule has 104 valence electrons. The van der Waals surface area contributed by atoms with E-state index in [1.54, 1.807) is 0 Å². The molecule has 8 nitrogen and oxygen atoms in total. The molecule has 2 aromatic rings. The highest BCUT2D eigenvalue weighted by Crippen LogP contribution is 2.30. The third kappa shape index (κ3) is 2.48. The molecule has 0 spiro atoms. The first-order valence-corrected chi connectivity index (χ1v) is 6.07. The van der Waals surface area contributed by atoms with Gasteiger partial charge < -0.3 is 20.5 Å². The molecule has 1 amide bonds. The van der Waals surface area contributed by atoms with Crippen LogP contribution in [0.15, 0.2) is 18.2 Å². The SMILES string of the molecule is Nc1n[nH]c(C(=O)NCc2ccc3c(c2)OCCO3)n1. The van der Waals surface area contributed by atoms with E-state index in [0.717, 1.165) is 5.56 Å². The van der Waals surface area contributed by atoms with Crippen LogP contribution in [0.1, 0.15) is 16.2 Å². The molecule has 20 heavy (non-hydrogen) atoms. The number of nitrogens with zero attached hydrogens (tertiary/aromatic N) is 2. The van der Waals surface area contributed by atoms with Gasteiger partial charge in [0.25, 0.3) is 5.91 Å². The molecule has 1 aliphatic rings. The number of aromatic nitrogens is 3. The second kappa shape index (κ2) is 5.08. The lowest BCUT2D eigenvalue weighted by Crippen LogP contribution is -2.24. The maximum absolute atomic E-state index is 11.8. The fourth-order valence-corrected chi connectivity index (χ4v) is 1.84. The molecule has 0 saturated carbocycles. The number of hydrogen-bond donors (Lipinski definition) is 3. The summed E-state index contributed by atoms with van der Waals surface area (Å²) in [5, 5.41) is 8.75. The quantitative estimate of drug-likeness (QED) is 0.731. The summed E-state index contributed by atoms with van der Waals surface area (Å²) in [6, 6.07) is 5.52. The third-order valence-electron chi connectivity index (χ3n) is 2.78. The van der Waals surface area contributed by atoms with Gasteiger partial charge in [-0.2, -0.15) is 4.98 Å². The highest BCUT2D eigenvalue weighted by atomic mass is 16.6. The monoisotopic (exact) mass is 275 g/mol. The fourth-order valence-electron chi connectivity index (χ4n) is 1.84. The number of hydrogen-bond acceptors (Lipinski definition) is 6. The Morgan fingerprint density at radius 1 is 1.35 bits per heavy atom. The van der Waals surface area contributed by atoms with Gasteiger partial charge in [0.1, 0.15) is 13.2 Å². The van der Waals surface area contributed by atoms with E-state index in [1.807, 2.05) is 18.2 Å². The zero-order valence-electron chi connectivity index (χ0n) is 10.5. The molecular weight excluding hydrogens is 262 g/mol. The molecular formula is C12H13N5O3. The van der Waals surface area contributed by atoms with Gasteiger partial charge in [0.2, 0.25) is 11.8 Å². The molecule has 2 heterocycles. The van der Waals surface area contributed by atoms with Gasteiger partial charge in [0, 0.05) is 6.54 Å². The van der Waals surface area contributed by atoms with Crippen LogP contribution >= 0.6 is 0 Å². The predicted octanol–water partition coefficient (Wildman–Crippen LogP) is 0.0881. The van der Waals surface area contributed by atoms with Crippen molar-refractivity contribution in [3.8, 4) is 11.5 Å². The number of benzene rings is 1. The number of nitrogens with one attached hydrogen (secondary N) is 2. The maximum atomic E-state index is 11.8. The molecule has 0 saturated heterocycles. The van der Waals surface area contributed by atoms with Crippen LogP contribution in [-0.4, -0.2) is 34.3 Å². The number of ether oxygens (including phenoxy) is 2.